The van der Waals surface area contributed by atoms with E-state index in [1.165, 1.54) is 39.3 Å². The van der Waals surface area contributed by atoms with Crippen molar-refractivity contribution >= 4 is 23.3 Å². The van der Waals surface area contributed by atoms with E-state index in [4.69, 9.17) is 0 Å². The number of nitrogens with one attached hydrogen (secondary N) is 1. The molecule has 2 aliphatic heterocycles. The summed E-state index contributed by atoms with van der Waals surface area (Å²) < 4.78 is 0. The Morgan fingerprint density at radius 1 is 1.20 bits per heavy atom. The van der Waals surface area contributed by atoms with Crippen molar-refractivity contribution in [3.63, 3.8) is 0 Å². The second kappa shape index (κ2) is 7.87. The zero-order valence-electron chi connectivity index (χ0n) is 14.8. The van der Waals surface area contributed by atoms with Gasteiger partial charge in [-0.3, -0.25) is 4.79 Å². The molecule has 2 aliphatic rings. The van der Waals surface area contributed by atoms with E-state index in [2.05, 4.69) is 15.1 Å². The van der Waals surface area contributed by atoms with Crippen LogP contribution in [0.2, 0.25) is 0 Å². The summed E-state index contributed by atoms with van der Waals surface area (Å²) >= 11 is 0. The molecule has 1 unspecified atom stereocenters. The van der Waals surface area contributed by atoms with Crippen LogP contribution < -0.4 is 10.2 Å². The SMILES string of the molecule is CC(=O)Nc1ccc(N2CCCC(CN3CCCC3)C2)c(C(=O)O)c1. The number of carbonyl (C=O) groups excluding carboxylic acids is 1. The third kappa shape index (κ3) is 4.51. The summed E-state index contributed by atoms with van der Waals surface area (Å²) in [6.45, 7) is 6.71. The number of hydrogen-bond acceptors (Lipinski definition) is 4. The van der Waals surface area contributed by atoms with Gasteiger partial charge < -0.3 is 20.2 Å². The molecule has 2 fully saturated rings. The fourth-order valence-corrected chi connectivity index (χ4v) is 4.03. The molecule has 1 atom stereocenters. The molecular formula is C19H27N3O3. The van der Waals surface area contributed by atoms with Crippen LogP contribution in [0, 0.1) is 5.92 Å². The first-order valence-electron chi connectivity index (χ1n) is 9.15. The molecule has 3 rings (SSSR count). The Morgan fingerprint density at radius 3 is 2.64 bits per heavy atom. The molecule has 1 aromatic rings. The van der Waals surface area contributed by atoms with Gasteiger partial charge in [0.1, 0.15) is 0 Å². The van der Waals surface area contributed by atoms with Crippen LogP contribution in [0.25, 0.3) is 0 Å². The number of hydrogen-bond donors (Lipinski definition) is 2. The lowest BCUT2D eigenvalue weighted by Crippen LogP contribution is -2.41. The van der Waals surface area contributed by atoms with Crippen molar-refractivity contribution < 1.29 is 14.7 Å². The van der Waals surface area contributed by atoms with Gasteiger partial charge in [0, 0.05) is 32.2 Å². The highest BCUT2D eigenvalue weighted by Gasteiger charge is 2.26. The van der Waals surface area contributed by atoms with Crippen molar-refractivity contribution in [2.24, 2.45) is 5.92 Å². The van der Waals surface area contributed by atoms with Crippen LogP contribution in [-0.2, 0) is 4.79 Å². The Kier molecular flexibility index (Phi) is 5.58. The molecule has 2 N–H and O–H groups in total. The minimum Gasteiger partial charge on any atom is -0.478 e. The number of carboxylic acid groups (broad SMARTS) is 1. The second-order valence-corrected chi connectivity index (χ2v) is 7.18. The normalized spacial score (nSPS) is 21.3. The van der Waals surface area contributed by atoms with Gasteiger partial charge >= 0.3 is 5.97 Å². The number of carboxylic acids is 1. The van der Waals surface area contributed by atoms with Crippen molar-refractivity contribution in [3.05, 3.63) is 23.8 Å². The van der Waals surface area contributed by atoms with Gasteiger partial charge in [-0.1, -0.05) is 0 Å². The highest BCUT2D eigenvalue weighted by atomic mass is 16.4. The standard InChI is InChI=1S/C19H27N3O3/c1-14(23)20-16-6-7-18(17(11-16)19(24)25)22-10-4-5-15(13-22)12-21-8-2-3-9-21/h6-7,11,15H,2-5,8-10,12-13H2,1H3,(H,20,23)(H,24,25). The lowest BCUT2D eigenvalue weighted by Gasteiger charge is -2.36. The van der Waals surface area contributed by atoms with Gasteiger partial charge in [-0.05, 0) is 62.9 Å². The van der Waals surface area contributed by atoms with Gasteiger partial charge in [-0.25, -0.2) is 4.79 Å². The van der Waals surface area contributed by atoms with Gasteiger partial charge in [0.05, 0.1) is 11.3 Å². The summed E-state index contributed by atoms with van der Waals surface area (Å²) in [5.74, 6) is -0.569. The van der Waals surface area contributed by atoms with Crippen LogP contribution in [0.4, 0.5) is 11.4 Å². The molecule has 0 aliphatic carbocycles. The predicted molar refractivity (Wildman–Crippen MR) is 98.3 cm³/mol. The topological polar surface area (TPSA) is 72.9 Å². The third-order valence-corrected chi connectivity index (χ3v) is 5.12. The molecule has 6 nitrogen and oxygen atoms in total. The number of anilines is 2. The Labute approximate surface area is 148 Å². The van der Waals surface area contributed by atoms with Crippen LogP contribution in [-0.4, -0.2) is 54.6 Å². The van der Waals surface area contributed by atoms with E-state index in [-0.39, 0.29) is 11.5 Å². The van der Waals surface area contributed by atoms with E-state index in [0.717, 1.165) is 31.7 Å². The molecule has 0 radical (unpaired) electrons. The number of piperidine rings is 1. The van der Waals surface area contributed by atoms with E-state index in [1.54, 1.807) is 12.1 Å². The first kappa shape index (κ1) is 17.7. The molecule has 0 saturated carbocycles. The maximum absolute atomic E-state index is 11.7. The Balaban J connectivity index is 1.74. The lowest BCUT2D eigenvalue weighted by molar-refractivity contribution is -0.114. The van der Waals surface area contributed by atoms with Crippen LogP contribution in [0.3, 0.4) is 0 Å². The number of amides is 1. The quantitative estimate of drug-likeness (QED) is 0.858. The maximum Gasteiger partial charge on any atom is 0.337 e. The minimum absolute atomic E-state index is 0.201. The van der Waals surface area contributed by atoms with Crippen LogP contribution in [0.15, 0.2) is 18.2 Å². The van der Waals surface area contributed by atoms with Crippen molar-refractivity contribution in [2.75, 3.05) is 42.9 Å². The molecule has 1 aromatic carbocycles. The summed E-state index contributed by atoms with van der Waals surface area (Å²) in [5, 5.41) is 12.3. The zero-order valence-corrected chi connectivity index (χ0v) is 14.8. The van der Waals surface area contributed by atoms with E-state index in [0.29, 0.717) is 11.6 Å². The largest absolute Gasteiger partial charge is 0.478 e. The summed E-state index contributed by atoms with van der Waals surface area (Å²) in [6.07, 6.45) is 4.89. The van der Waals surface area contributed by atoms with E-state index < -0.39 is 5.97 Å². The molecule has 0 aromatic heterocycles. The number of carbonyl (C=O) groups is 2. The van der Waals surface area contributed by atoms with Crippen LogP contribution >= 0.6 is 0 Å². The van der Waals surface area contributed by atoms with E-state index in [1.807, 2.05) is 6.07 Å². The average Bonchev–Trinajstić information content (AvgIpc) is 3.07. The monoisotopic (exact) mass is 345 g/mol. The highest BCUT2D eigenvalue weighted by molar-refractivity contribution is 5.97. The lowest BCUT2D eigenvalue weighted by atomic mass is 9.96. The van der Waals surface area contributed by atoms with Gasteiger partial charge in [0.25, 0.3) is 0 Å². The molecule has 0 bridgehead atoms. The second-order valence-electron chi connectivity index (χ2n) is 7.18. The van der Waals surface area contributed by atoms with Gasteiger partial charge in [0.2, 0.25) is 5.91 Å². The summed E-state index contributed by atoms with van der Waals surface area (Å²) in [5.41, 5.74) is 1.54. The molecule has 1 amide bonds. The third-order valence-electron chi connectivity index (χ3n) is 5.12. The van der Waals surface area contributed by atoms with E-state index >= 15 is 0 Å². The van der Waals surface area contributed by atoms with Crippen molar-refractivity contribution in [3.8, 4) is 0 Å². The van der Waals surface area contributed by atoms with Crippen molar-refractivity contribution in [1.29, 1.82) is 0 Å². The molecule has 2 saturated heterocycles. The van der Waals surface area contributed by atoms with Crippen LogP contribution in [0.1, 0.15) is 43.0 Å². The van der Waals surface area contributed by atoms with E-state index in [9.17, 15) is 14.7 Å². The summed E-state index contributed by atoms with van der Waals surface area (Å²) in [6, 6.07) is 5.17. The molecule has 2 heterocycles. The number of nitrogens with zero attached hydrogens (tertiary/aromatic N) is 2. The number of aromatic carboxylic acids is 1. The fourth-order valence-electron chi connectivity index (χ4n) is 4.03. The number of benzene rings is 1. The summed E-state index contributed by atoms with van der Waals surface area (Å²) in [7, 11) is 0. The number of likely N-dealkylation sites (tertiary alicyclic amines) is 1. The Morgan fingerprint density at radius 2 is 1.96 bits per heavy atom. The predicted octanol–water partition coefficient (Wildman–Crippen LogP) is 2.66. The van der Waals surface area contributed by atoms with Gasteiger partial charge in [0.15, 0.2) is 0 Å². The number of rotatable bonds is 5. The highest BCUT2D eigenvalue weighted by Crippen LogP contribution is 2.29. The smallest absolute Gasteiger partial charge is 0.337 e. The van der Waals surface area contributed by atoms with Gasteiger partial charge in [-0.15, -0.1) is 0 Å². The maximum atomic E-state index is 11.7. The summed E-state index contributed by atoms with van der Waals surface area (Å²) in [4.78, 5) is 27.7. The fraction of sp³-hybridized carbons (Fsp3) is 0.579. The molecule has 136 valence electrons. The zero-order chi connectivity index (χ0) is 17.8. The Hall–Kier alpha value is -2.08. The van der Waals surface area contributed by atoms with Crippen molar-refractivity contribution in [1.82, 2.24) is 4.90 Å². The Bertz CT molecular complexity index is 641. The molecule has 6 heteroatoms. The minimum atomic E-state index is -0.955. The molecule has 25 heavy (non-hydrogen) atoms. The average molecular weight is 345 g/mol. The van der Waals surface area contributed by atoms with Crippen LogP contribution in [0.5, 0.6) is 0 Å². The van der Waals surface area contributed by atoms with Crippen molar-refractivity contribution in [2.45, 2.75) is 32.6 Å². The first-order valence-corrected chi connectivity index (χ1v) is 9.15. The van der Waals surface area contributed by atoms with Gasteiger partial charge in [-0.2, -0.15) is 0 Å². The first-order chi connectivity index (χ1) is 12.0. The molecular weight excluding hydrogens is 318 g/mol. The molecule has 0 spiro atoms.